The van der Waals surface area contributed by atoms with Crippen molar-refractivity contribution in [3.05, 3.63) is 46.1 Å². The summed E-state index contributed by atoms with van der Waals surface area (Å²) in [6, 6.07) is 8.03. The Kier molecular flexibility index (Phi) is 10.2. The van der Waals surface area contributed by atoms with Gasteiger partial charge in [0.1, 0.15) is 18.2 Å². The molecule has 1 aromatic heterocycles. The second-order valence-electron chi connectivity index (χ2n) is 7.23. The third kappa shape index (κ3) is 7.03. The van der Waals surface area contributed by atoms with Crippen molar-refractivity contribution in [2.75, 3.05) is 26.2 Å². The normalized spacial score (nSPS) is 13.3. The highest BCUT2D eigenvalue weighted by molar-refractivity contribution is 14.0. The van der Waals surface area contributed by atoms with Gasteiger partial charge in [0.2, 0.25) is 0 Å². The lowest BCUT2D eigenvalue weighted by molar-refractivity contribution is 0.322. The Labute approximate surface area is 195 Å². The zero-order valence-electron chi connectivity index (χ0n) is 17.9. The van der Waals surface area contributed by atoms with Crippen LogP contribution in [0.1, 0.15) is 37.6 Å². The summed E-state index contributed by atoms with van der Waals surface area (Å²) in [4.78, 5) is 16.9. The van der Waals surface area contributed by atoms with Crippen LogP contribution in [0.25, 0.3) is 0 Å². The van der Waals surface area contributed by atoms with Crippen molar-refractivity contribution in [2.45, 2.75) is 52.6 Å². The van der Waals surface area contributed by atoms with Crippen molar-refractivity contribution < 1.29 is 4.74 Å². The number of fused-ring (bicyclic) bond motifs is 1. The van der Waals surface area contributed by atoms with E-state index in [2.05, 4.69) is 27.6 Å². The molecule has 0 amide bonds. The van der Waals surface area contributed by atoms with Crippen molar-refractivity contribution in [1.82, 2.24) is 25.0 Å². The molecule has 8 nitrogen and oxygen atoms in total. The molecule has 166 valence electrons. The SMILES string of the molecule is CCNC(=NCCCn1nc2n(c1=O)CCCC2)NCCOc1ccc(C)cc1.I. The van der Waals surface area contributed by atoms with Crippen molar-refractivity contribution in [2.24, 2.45) is 4.99 Å². The van der Waals surface area contributed by atoms with E-state index in [1.54, 1.807) is 4.68 Å². The number of benzene rings is 1. The predicted octanol–water partition coefficient (Wildman–Crippen LogP) is 2.33. The number of halogens is 1. The van der Waals surface area contributed by atoms with Crippen LogP contribution in [0.2, 0.25) is 0 Å². The number of aryl methyl sites for hydroxylation is 3. The number of ether oxygens (including phenoxy) is 1. The van der Waals surface area contributed by atoms with E-state index in [-0.39, 0.29) is 29.7 Å². The maximum absolute atomic E-state index is 12.3. The number of nitrogens with one attached hydrogen (secondary N) is 2. The molecule has 2 heterocycles. The molecule has 2 aromatic rings. The highest BCUT2D eigenvalue weighted by Crippen LogP contribution is 2.11. The number of rotatable bonds is 9. The number of aliphatic imine (C=N–C) groups is 1. The smallest absolute Gasteiger partial charge is 0.345 e. The molecule has 1 aliphatic rings. The molecule has 0 bridgehead atoms. The fourth-order valence-electron chi connectivity index (χ4n) is 3.32. The van der Waals surface area contributed by atoms with Gasteiger partial charge in [-0.05, 0) is 45.2 Å². The highest BCUT2D eigenvalue weighted by Gasteiger charge is 2.16. The molecule has 0 saturated carbocycles. The summed E-state index contributed by atoms with van der Waals surface area (Å²) in [6.07, 6.45) is 3.85. The first-order chi connectivity index (χ1) is 14.2. The minimum atomic E-state index is 0. The van der Waals surface area contributed by atoms with Crippen LogP contribution in [-0.4, -0.2) is 46.5 Å². The van der Waals surface area contributed by atoms with Crippen LogP contribution in [0.3, 0.4) is 0 Å². The average Bonchev–Trinajstić information content (AvgIpc) is 3.05. The molecule has 0 unspecified atom stereocenters. The lowest BCUT2D eigenvalue weighted by atomic mass is 10.2. The molecular weight excluding hydrogens is 495 g/mol. The molecule has 0 radical (unpaired) electrons. The highest BCUT2D eigenvalue weighted by atomic mass is 127. The summed E-state index contributed by atoms with van der Waals surface area (Å²) >= 11 is 0. The molecular formula is C21H33IN6O2. The molecule has 0 spiro atoms. The summed E-state index contributed by atoms with van der Waals surface area (Å²) in [5.74, 6) is 2.55. The number of guanidine groups is 1. The van der Waals surface area contributed by atoms with E-state index in [1.807, 2.05) is 35.8 Å². The Balaban J connectivity index is 0.00000320. The molecule has 30 heavy (non-hydrogen) atoms. The molecule has 1 aliphatic heterocycles. The van der Waals surface area contributed by atoms with Gasteiger partial charge in [0.25, 0.3) is 0 Å². The van der Waals surface area contributed by atoms with Crippen LogP contribution >= 0.6 is 24.0 Å². The van der Waals surface area contributed by atoms with Crippen molar-refractivity contribution in [1.29, 1.82) is 0 Å². The van der Waals surface area contributed by atoms with Gasteiger partial charge in [0.05, 0.1) is 6.54 Å². The van der Waals surface area contributed by atoms with Gasteiger partial charge in [-0.15, -0.1) is 24.0 Å². The Morgan fingerprint density at radius 2 is 2.03 bits per heavy atom. The standard InChI is InChI=1S/C21H32N6O2.HI/c1-3-22-20(24-13-16-29-18-10-8-17(2)9-11-18)23-12-6-15-27-21(28)26-14-5-4-7-19(26)25-27;/h8-11H,3-7,12-16H2,1-2H3,(H2,22,23,24);1H. The molecule has 0 saturated heterocycles. The molecule has 0 aliphatic carbocycles. The van der Waals surface area contributed by atoms with E-state index in [1.165, 1.54) is 5.56 Å². The lowest BCUT2D eigenvalue weighted by Crippen LogP contribution is -2.39. The maximum atomic E-state index is 12.3. The van der Waals surface area contributed by atoms with Crippen molar-refractivity contribution in [3.8, 4) is 5.75 Å². The van der Waals surface area contributed by atoms with E-state index in [0.29, 0.717) is 26.2 Å². The molecule has 2 N–H and O–H groups in total. The maximum Gasteiger partial charge on any atom is 0.345 e. The van der Waals surface area contributed by atoms with E-state index >= 15 is 0 Å². The van der Waals surface area contributed by atoms with Gasteiger partial charge in [-0.25, -0.2) is 9.48 Å². The number of hydrogen-bond acceptors (Lipinski definition) is 4. The van der Waals surface area contributed by atoms with Gasteiger partial charge in [-0.1, -0.05) is 17.7 Å². The Morgan fingerprint density at radius 3 is 2.77 bits per heavy atom. The topological polar surface area (TPSA) is 85.5 Å². The second kappa shape index (κ2) is 12.6. The zero-order valence-corrected chi connectivity index (χ0v) is 20.2. The third-order valence-electron chi connectivity index (χ3n) is 4.86. The van der Waals surface area contributed by atoms with Gasteiger partial charge in [0.15, 0.2) is 5.96 Å². The van der Waals surface area contributed by atoms with E-state index in [0.717, 1.165) is 56.3 Å². The number of nitrogens with zero attached hydrogens (tertiary/aromatic N) is 4. The molecule has 0 atom stereocenters. The molecule has 1 aromatic carbocycles. The summed E-state index contributed by atoms with van der Waals surface area (Å²) in [6.45, 7) is 8.12. The van der Waals surface area contributed by atoms with Gasteiger partial charge in [0, 0.05) is 32.6 Å². The van der Waals surface area contributed by atoms with Crippen LogP contribution in [0.15, 0.2) is 34.1 Å². The Hall–Kier alpha value is -2.04. The van der Waals surface area contributed by atoms with E-state index in [9.17, 15) is 4.79 Å². The van der Waals surface area contributed by atoms with Gasteiger partial charge in [-0.3, -0.25) is 9.56 Å². The van der Waals surface area contributed by atoms with Crippen LogP contribution in [0, 0.1) is 6.92 Å². The van der Waals surface area contributed by atoms with Crippen LogP contribution < -0.4 is 21.1 Å². The van der Waals surface area contributed by atoms with Crippen LogP contribution in [0.4, 0.5) is 0 Å². The zero-order chi connectivity index (χ0) is 20.5. The molecule has 3 rings (SSSR count). The quantitative estimate of drug-likeness (QED) is 0.226. The average molecular weight is 528 g/mol. The molecule has 9 heteroatoms. The van der Waals surface area contributed by atoms with Crippen LogP contribution in [-0.2, 0) is 19.5 Å². The fourth-order valence-corrected chi connectivity index (χ4v) is 3.32. The first-order valence-electron chi connectivity index (χ1n) is 10.6. The lowest BCUT2D eigenvalue weighted by Gasteiger charge is -2.12. The number of hydrogen-bond donors (Lipinski definition) is 2. The monoisotopic (exact) mass is 528 g/mol. The first kappa shape index (κ1) is 24.2. The Morgan fingerprint density at radius 1 is 1.23 bits per heavy atom. The largest absolute Gasteiger partial charge is 0.492 e. The fraction of sp³-hybridized carbons (Fsp3) is 0.571. The van der Waals surface area contributed by atoms with Gasteiger partial charge >= 0.3 is 5.69 Å². The van der Waals surface area contributed by atoms with Crippen molar-refractivity contribution in [3.63, 3.8) is 0 Å². The summed E-state index contributed by atoms with van der Waals surface area (Å²) < 4.78 is 9.13. The summed E-state index contributed by atoms with van der Waals surface area (Å²) in [5.41, 5.74) is 1.23. The predicted molar refractivity (Wildman–Crippen MR) is 130 cm³/mol. The number of aromatic nitrogens is 3. The minimum absolute atomic E-state index is 0. The first-order valence-corrected chi connectivity index (χ1v) is 10.6. The summed E-state index contributed by atoms with van der Waals surface area (Å²) in [5, 5.41) is 11.0. The summed E-state index contributed by atoms with van der Waals surface area (Å²) in [7, 11) is 0. The Bertz CT molecular complexity index is 859. The minimum Gasteiger partial charge on any atom is -0.492 e. The third-order valence-corrected chi connectivity index (χ3v) is 4.86. The second-order valence-corrected chi connectivity index (χ2v) is 7.23. The van der Waals surface area contributed by atoms with Crippen LogP contribution in [0.5, 0.6) is 5.75 Å². The van der Waals surface area contributed by atoms with Crippen molar-refractivity contribution >= 4 is 29.9 Å². The van der Waals surface area contributed by atoms with Gasteiger partial charge < -0.3 is 15.4 Å². The van der Waals surface area contributed by atoms with E-state index in [4.69, 9.17) is 4.74 Å². The van der Waals surface area contributed by atoms with Gasteiger partial charge in [-0.2, -0.15) is 5.10 Å². The molecule has 0 fully saturated rings. The van der Waals surface area contributed by atoms with E-state index < -0.39 is 0 Å².